The van der Waals surface area contributed by atoms with Crippen LogP contribution in [0.25, 0.3) is 0 Å². The molecule has 1 aromatic carbocycles. The van der Waals surface area contributed by atoms with Crippen LogP contribution in [0, 0.1) is 0 Å². The fourth-order valence-corrected chi connectivity index (χ4v) is 1.50. The summed E-state index contributed by atoms with van der Waals surface area (Å²) in [5.41, 5.74) is 1.09. The number of ketones is 1. The molecule has 0 amide bonds. The monoisotopic (exact) mass is 236 g/mol. The number of ether oxygens (including phenoxy) is 2. The second kappa shape index (κ2) is 7.85. The van der Waals surface area contributed by atoms with Gasteiger partial charge < -0.3 is 9.47 Å². The highest BCUT2D eigenvalue weighted by Crippen LogP contribution is 2.13. The van der Waals surface area contributed by atoms with Crippen LogP contribution < -0.4 is 4.74 Å². The van der Waals surface area contributed by atoms with Crippen molar-refractivity contribution >= 4 is 5.78 Å². The molecule has 0 fully saturated rings. The largest absolute Gasteiger partial charge is 0.497 e. The number of benzene rings is 1. The van der Waals surface area contributed by atoms with Gasteiger partial charge in [0, 0.05) is 19.4 Å². The van der Waals surface area contributed by atoms with Crippen molar-refractivity contribution in [1.82, 2.24) is 0 Å². The highest BCUT2D eigenvalue weighted by molar-refractivity contribution is 5.77. The maximum atomic E-state index is 11.1. The maximum absolute atomic E-state index is 11.1. The van der Waals surface area contributed by atoms with Gasteiger partial charge in [-0.25, -0.2) is 0 Å². The van der Waals surface area contributed by atoms with Gasteiger partial charge in [-0.05, 0) is 24.1 Å². The molecule has 94 valence electrons. The summed E-state index contributed by atoms with van der Waals surface area (Å²) in [6, 6.07) is 7.80. The Bertz CT molecular complexity index is 347. The van der Waals surface area contributed by atoms with E-state index in [0.717, 1.165) is 17.7 Å². The lowest BCUT2D eigenvalue weighted by atomic mass is 10.2. The number of carbonyl (C=O) groups is 1. The van der Waals surface area contributed by atoms with Crippen LogP contribution in [0.15, 0.2) is 24.3 Å². The molecule has 0 spiro atoms. The van der Waals surface area contributed by atoms with E-state index in [2.05, 4.69) is 0 Å². The highest BCUT2D eigenvalue weighted by atomic mass is 16.5. The lowest BCUT2D eigenvalue weighted by Gasteiger charge is -2.05. The topological polar surface area (TPSA) is 35.5 Å². The van der Waals surface area contributed by atoms with Gasteiger partial charge in [0.05, 0.1) is 13.7 Å². The fourth-order valence-electron chi connectivity index (χ4n) is 1.50. The first-order valence-electron chi connectivity index (χ1n) is 5.98. The van der Waals surface area contributed by atoms with E-state index in [1.807, 2.05) is 31.2 Å². The number of hydrogen-bond donors (Lipinski definition) is 0. The first kappa shape index (κ1) is 13.7. The molecule has 17 heavy (non-hydrogen) atoms. The summed E-state index contributed by atoms with van der Waals surface area (Å²) in [7, 11) is 1.65. The molecule has 0 saturated heterocycles. The van der Waals surface area contributed by atoms with Gasteiger partial charge in [-0.15, -0.1) is 0 Å². The van der Waals surface area contributed by atoms with Crippen molar-refractivity contribution in [2.45, 2.75) is 32.8 Å². The molecule has 0 heterocycles. The minimum atomic E-state index is 0.301. The average Bonchev–Trinajstić information content (AvgIpc) is 2.38. The Morgan fingerprint density at radius 3 is 2.88 bits per heavy atom. The summed E-state index contributed by atoms with van der Waals surface area (Å²) in [6.45, 7) is 3.08. The van der Waals surface area contributed by atoms with Gasteiger partial charge in [0.2, 0.25) is 0 Å². The average molecular weight is 236 g/mol. The summed E-state index contributed by atoms with van der Waals surface area (Å²) in [6.07, 6.45) is 2.04. The minimum absolute atomic E-state index is 0.301. The van der Waals surface area contributed by atoms with Gasteiger partial charge in [-0.1, -0.05) is 19.1 Å². The molecule has 3 nitrogen and oxygen atoms in total. The molecule has 1 rings (SSSR count). The Morgan fingerprint density at radius 1 is 1.35 bits per heavy atom. The van der Waals surface area contributed by atoms with Crippen molar-refractivity contribution in [3.8, 4) is 5.75 Å². The Hall–Kier alpha value is -1.35. The Balaban J connectivity index is 2.19. The van der Waals surface area contributed by atoms with Gasteiger partial charge in [0.1, 0.15) is 11.5 Å². The zero-order valence-electron chi connectivity index (χ0n) is 10.6. The van der Waals surface area contributed by atoms with Crippen molar-refractivity contribution in [3.63, 3.8) is 0 Å². The van der Waals surface area contributed by atoms with Crippen molar-refractivity contribution in [2.75, 3.05) is 13.7 Å². The lowest BCUT2D eigenvalue weighted by molar-refractivity contribution is -0.119. The zero-order chi connectivity index (χ0) is 12.5. The Kier molecular flexibility index (Phi) is 6.33. The second-order valence-corrected chi connectivity index (χ2v) is 3.90. The third kappa shape index (κ3) is 5.50. The van der Waals surface area contributed by atoms with E-state index in [1.165, 1.54) is 0 Å². The molecule has 1 aromatic rings. The third-order valence-corrected chi connectivity index (χ3v) is 2.54. The third-order valence-electron chi connectivity index (χ3n) is 2.54. The molecule has 0 unspecified atom stereocenters. The van der Waals surface area contributed by atoms with Crippen LogP contribution in [0.1, 0.15) is 31.7 Å². The smallest absolute Gasteiger partial charge is 0.132 e. The van der Waals surface area contributed by atoms with Crippen molar-refractivity contribution < 1.29 is 14.3 Å². The Labute approximate surface area is 103 Å². The molecule has 0 aromatic heterocycles. The van der Waals surface area contributed by atoms with E-state index in [1.54, 1.807) is 7.11 Å². The number of rotatable bonds is 8. The van der Waals surface area contributed by atoms with Crippen LogP contribution in [-0.2, 0) is 16.1 Å². The number of carbonyl (C=O) groups excluding carboxylic acids is 1. The summed E-state index contributed by atoms with van der Waals surface area (Å²) in [4.78, 5) is 11.1. The lowest BCUT2D eigenvalue weighted by Crippen LogP contribution is -2.00. The summed E-state index contributed by atoms with van der Waals surface area (Å²) >= 11 is 0. The van der Waals surface area contributed by atoms with Gasteiger partial charge >= 0.3 is 0 Å². The van der Waals surface area contributed by atoms with Crippen molar-refractivity contribution in [1.29, 1.82) is 0 Å². The first-order valence-corrected chi connectivity index (χ1v) is 5.98. The van der Waals surface area contributed by atoms with Crippen LogP contribution in [0.4, 0.5) is 0 Å². The van der Waals surface area contributed by atoms with Crippen LogP contribution in [0.2, 0.25) is 0 Å². The standard InChI is InChI=1S/C14H20O3/c1-3-13(15)7-5-9-17-11-12-6-4-8-14(10-12)16-2/h4,6,8,10H,3,5,7,9,11H2,1-2H3. The van der Waals surface area contributed by atoms with Gasteiger partial charge in [0.25, 0.3) is 0 Å². The van der Waals surface area contributed by atoms with E-state index in [-0.39, 0.29) is 0 Å². The van der Waals surface area contributed by atoms with E-state index < -0.39 is 0 Å². The normalized spacial score (nSPS) is 10.2. The molecule has 0 aliphatic rings. The van der Waals surface area contributed by atoms with E-state index in [9.17, 15) is 4.79 Å². The van der Waals surface area contributed by atoms with E-state index in [0.29, 0.717) is 31.8 Å². The van der Waals surface area contributed by atoms with Gasteiger partial charge in [-0.2, -0.15) is 0 Å². The number of methoxy groups -OCH3 is 1. The summed E-state index contributed by atoms with van der Waals surface area (Å²) in [5.74, 6) is 1.14. The molecule has 0 saturated carbocycles. The number of hydrogen-bond acceptors (Lipinski definition) is 3. The van der Waals surface area contributed by atoms with Gasteiger partial charge in [-0.3, -0.25) is 4.79 Å². The van der Waals surface area contributed by atoms with Crippen molar-refractivity contribution in [2.24, 2.45) is 0 Å². The predicted molar refractivity (Wildman–Crippen MR) is 67.2 cm³/mol. The molecule has 0 radical (unpaired) electrons. The van der Waals surface area contributed by atoms with Crippen LogP contribution >= 0.6 is 0 Å². The van der Waals surface area contributed by atoms with Crippen LogP contribution in [0.5, 0.6) is 5.75 Å². The summed E-state index contributed by atoms with van der Waals surface area (Å²) in [5, 5.41) is 0. The minimum Gasteiger partial charge on any atom is -0.497 e. The predicted octanol–water partition coefficient (Wildman–Crippen LogP) is 2.97. The van der Waals surface area contributed by atoms with Crippen molar-refractivity contribution in [3.05, 3.63) is 29.8 Å². The molecular weight excluding hydrogens is 216 g/mol. The Morgan fingerprint density at radius 2 is 2.18 bits per heavy atom. The van der Waals surface area contributed by atoms with Crippen LogP contribution in [-0.4, -0.2) is 19.5 Å². The maximum Gasteiger partial charge on any atom is 0.132 e. The quantitative estimate of drug-likeness (QED) is 0.651. The fraction of sp³-hybridized carbons (Fsp3) is 0.500. The molecule has 0 N–H and O–H groups in total. The van der Waals surface area contributed by atoms with E-state index >= 15 is 0 Å². The molecule has 0 aliphatic carbocycles. The van der Waals surface area contributed by atoms with Gasteiger partial charge in [0.15, 0.2) is 0 Å². The highest BCUT2D eigenvalue weighted by Gasteiger charge is 1.99. The molecule has 0 bridgehead atoms. The summed E-state index contributed by atoms with van der Waals surface area (Å²) < 4.78 is 10.6. The molecule has 0 atom stereocenters. The van der Waals surface area contributed by atoms with E-state index in [4.69, 9.17) is 9.47 Å². The number of Topliss-reactive ketones (excluding diaryl/α,β-unsaturated/α-hetero) is 1. The van der Waals surface area contributed by atoms with Crippen LogP contribution in [0.3, 0.4) is 0 Å². The SMILES string of the molecule is CCC(=O)CCCOCc1cccc(OC)c1. The first-order chi connectivity index (χ1) is 8.26. The molecule has 0 aliphatic heterocycles. The molecular formula is C14H20O3. The molecule has 3 heteroatoms. The zero-order valence-corrected chi connectivity index (χ0v) is 10.6. The second-order valence-electron chi connectivity index (χ2n) is 3.90.